The Morgan fingerprint density at radius 3 is 2.70 bits per heavy atom. The van der Waals surface area contributed by atoms with E-state index in [0.29, 0.717) is 0 Å². The minimum Gasteiger partial charge on any atom is -0.341 e. The predicted octanol–water partition coefficient (Wildman–Crippen LogP) is 3.93. The Hall–Kier alpha value is -2.01. The van der Waals surface area contributed by atoms with Gasteiger partial charge in [-0.2, -0.15) is 0 Å². The Kier molecular flexibility index (Phi) is 3.73. The summed E-state index contributed by atoms with van der Waals surface area (Å²) < 4.78 is 0. The number of hydrogen-bond acceptors (Lipinski definition) is 5. The third-order valence-electron chi connectivity index (χ3n) is 4.29. The quantitative estimate of drug-likeness (QED) is 0.836. The molecule has 0 spiro atoms. The van der Waals surface area contributed by atoms with Crippen LogP contribution >= 0.6 is 11.8 Å². The van der Waals surface area contributed by atoms with Gasteiger partial charge in [0.2, 0.25) is 5.95 Å². The lowest BCUT2D eigenvalue weighted by atomic mass is 10.3. The molecule has 1 saturated heterocycles. The molecule has 0 N–H and O–H groups in total. The number of rotatable bonds is 2. The van der Waals surface area contributed by atoms with Crippen LogP contribution in [0, 0.1) is 6.92 Å². The van der Waals surface area contributed by atoms with Crippen LogP contribution in [0.3, 0.4) is 0 Å². The van der Waals surface area contributed by atoms with E-state index in [-0.39, 0.29) is 0 Å². The molecule has 3 heterocycles. The maximum Gasteiger partial charge on any atom is 0.226 e. The number of nitrogens with zero attached hydrogens (tertiary/aromatic N) is 4. The normalized spacial score (nSPS) is 18.8. The molecule has 1 fully saturated rings. The van der Waals surface area contributed by atoms with Crippen LogP contribution in [0.1, 0.15) is 24.2 Å². The van der Waals surface area contributed by atoms with Gasteiger partial charge in [-0.15, -0.1) is 0 Å². The summed E-state index contributed by atoms with van der Waals surface area (Å²) in [5, 5.41) is 1.21. The zero-order valence-electron chi connectivity index (χ0n) is 13.5. The fourth-order valence-electron chi connectivity index (χ4n) is 3.08. The number of anilines is 2. The third-order valence-corrected chi connectivity index (χ3v) is 5.46. The number of thioether (sulfide) groups is 1. The lowest BCUT2D eigenvalue weighted by Crippen LogP contribution is -2.21. The van der Waals surface area contributed by atoms with Crippen LogP contribution in [0.5, 0.6) is 0 Å². The molecule has 23 heavy (non-hydrogen) atoms. The highest BCUT2D eigenvalue weighted by molar-refractivity contribution is 8.03. The summed E-state index contributed by atoms with van der Waals surface area (Å²) in [4.78, 5) is 15.2. The minimum atomic E-state index is 0.873. The Balaban J connectivity index is 1.66. The van der Waals surface area contributed by atoms with Crippen LogP contribution in [0.25, 0.3) is 6.08 Å². The van der Waals surface area contributed by atoms with E-state index in [2.05, 4.69) is 58.2 Å². The Labute approximate surface area is 141 Å². The average molecular weight is 324 g/mol. The second-order valence-electron chi connectivity index (χ2n) is 6.04. The number of fused-ring (bicyclic) bond motifs is 1. The van der Waals surface area contributed by atoms with Gasteiger partial charge >= 0.3 is 0 Å². The van der Waals surface area contributed by atoms with Crippen molar-refractivity contribution in [1.29, 1.82) is 0 Å². The molecular weight excluding hydrogens is 304 g/mol. The Morgan fingerprint density at radius 1 is 1.13 bits per heavy atom. The molecule has 4 rings (SSSR count). The molecule has 0 atom stereocenters. The first-order valence-corrected chi connectivity index (χ1v) is 8.85. The van der Waals surface area contributed by atoms with Crippen molar-refractivity contribution in [2.75, 3.05) is 29.9 Å². The van der Waals surface area contributed by atoms with Crippen LogP contribution in [0.2, 0.25) is 0 Å². The molecule has 4 nitrogen and oxygen atoms in total. The maximum absolute atomic E-state index is 4.77. The van der Waals surface area contributed by atoms with Gasteiger partial charge in [-0.3, -0.25) is 0 Å². The van der Waals surface area contributed by atoms with Gasteiger partial charge in [-0.05, 0) is 44.0 Å². The van der Waals surface area contributed by atoms with Gasteiger partial charge in [-0.1, -0.05) is 23.9 Å². The van der Waals surface area contributed by atoms with Crippen LogP contribution in [0.15, 0.2) is 40.3 Å². The lowest BCUT2D eigenvalue weighted by Gasteiger charge is -2.16. The molecule has 0 unspecified atom stereocenters. The molecule has 2 aromatic rings. The van der Waals surface area contributed by atoms with Crippen molar-refractivity contribution >= 4 is 29.5 Å². The first-order chi connectivity index (χ1) is 11.2. The second kappa shape index (κ2) is 5.89. The zero-order valence-corrected chi connectivity index (χ0v) is 14.3. The van der Waals surface area contributed by atoms with Crippen molar-refractivity contribution in [2.45, 2.75) is 24.7 Å². The van der Waals surface area contributed by atoms with Crippen LogP contribution in [0.4, 0.5) is 11.6 Å². The molecule has 118 valence electrons. The zero-order chi connectivity index (χ0) is 15.8. The Bertz CT molecular complexity index is 765. The molecule has 5 heteroatoms. The smallest absolute Gasteiger partial charge is 0.226 e. The van der Waals surface area contributed by atoms with Gasteiger partial charge in [0, 0.05) is 30.7 Å². The van der Waals surface area contributed by atoms with Crippen molar-refractivity contribution in [1.82, 2.24) is 9.97 Å². The predicted molar refractivity (Wildman–Crippen MR) is 96.9 cm³/mol. The monoisotopic (exact) mass is 324 g/mol. The molecule has 2 aliphatic heterocycles. The van der Waals surface area contributed by atoms with E-state index in [1.54, 1.807) is 11.8 Å². The number of aromatic nitrogens is 2. The molecule has 0 amide bonds. The number of hydrogen-bond donors (Lipinski definition) is 0. The SMILES string of the molecule is Cc1cc(C=C2Sc3ccccc3N2C)nc(N2CCCC2)n1. The number of aryl methyl sites for hydroxylation is 1. The Morgan fingerprint density at radius 2 is 1.91 bits per heavy atom. The molecule has 1 aromatic carbocycles. The summed E-state index contributed by atoms with van der Waals surface area (Å²) >= 11 is 1.80. The molecule has 0 aliphatic carbocycles. The van der Waals surface area contributed by atoms with E-state index in [9.17, 15) is 0 Å². The van der Waals surface area contributed by atoms with E-state index in [1.165, 1.54) is 28.5 Å². The van der Waals surface area contributed by atoms with Gasteiger partial charge in [0.05, 0.1) is 16.4 Å². The van der Waals surface area contributed by atoms with Crippen molar-refractivity contribution in [3.05, 3.63) is 46.7 Å². The van der Waals surface area contributed by atoms with Gasteiger partial charge in [-0.25, -0.2) is 9.97 Å². The molecule has 0 bridgehead atoms. The van der Waals surface area contributed by atoms with Gasteiger partial charge in [0.1, 0.15) is 0 Å². The standard InChI is InChI=1S/C18H20N4S/c1-13-11-14(20-18(19-13)22-9-5-6-10-22)12-17-21(2)15-7-3-4-8-16(15)23-17/h3-4,7-8,11-12H,5-6,9-10H2,1-2H3. The van der Waals surface area contributed by atoms with Gasteiger partial charge in [0.25, 0.3) is 0 Å². The van der Waals surface area contributed by atoms with Gasteiger partial charge < -0.3 is 9.80 Å². The topological polar surface area (TPSA) is 32.3 Å². The summed E-state index contributed by atoms with van der Waals surface area (Å²) in [5.41, 5.74) is 3.27. The van der Waals surface area contributed by atoms with Crippen molar-refractivity contribution < 1.29 is 0 Å². The van der Waals surface area contributed by atoms with E-state index >= 15 is 0 Å². The molecular formula is C18H20N4S. The third kappa shape index (κ3) is 2.81. The van der Waals surface area contributed by atoms with Crippen LogP contribution in [-0.2, 0) is 0 Å². The van der Waals surface area contributed by atoms with E-state index in [4.69, 9.17) is 4.98 Å². The highest BCUT2D eigenvalue weighted by Crippen LogP contribution is 2.45. The number of para-hydroxylation sites is 1. The number of benzene rings is 1. The summed E-state index contributed by atoms with van der Waals surface area (Å²) in [6.45, 7) is 4.18. The first-order valence-electron chi connectivity index (χ1n) is 8.04. The summed E-state index contributed by atoms with van der Waals surface area (Å²) in [7, 11) is 2.11. The van der Waals surface area contributed by atoms with Crippen molar-refractivity contribution in [3.8, 4) is 0 Å². The second-order valence-corrected chi connectivity index (χ2v) is 7.10. The van der Waals surface area contributed by atoms with Crippen molar-refractivity contribution in [3.63, 3.8) is 0 Å². The van der Waals surface area contributed by atoms with Crippen LogP contribution < -0.4 is 9.80 Å². The lowest BCUT2D eigenvalue weighted by molar-refractivity contribution is 0.886. The van der Waals surface area contributed by atoms with E-state index in [1.807, 2.05) is 6.92 Å². The molecule has 0 radical (unpaired) electrons. The largest absolute Gasteiger partial charge is 0.341 e. The minimum absolute atomic E-state index is 0.873. The first kappa shape index (κ1) is 14.6. The van der Waals surface area contributed by atoms with Crippen LogP contribution in [-0.4, -0.2) is 30.1 Å². The van der Waals surface area contributed by atoms with E-state index in [0.717, 1.165) is 30.4 Å². The van der Waals surface area contributed by atoms with Gasteiger partial charge in [0.15, 0.2) is 0 Å². The fourth-order valence-corrected chi connectivity index (χ4v) is 4.18. The summed E-state index contributed by atoms with van der Waals surface area (Å²) in [6.07, 6.45) is 4.64. The van der Waals surface area contributed by atoms with E-state index < -0.39 is 0 Å². The summed E-state index contributed by atoms with van der Waals surface area (Å²) in [6, 6.07) is 10.5. The molecule has 2 aliphatic rings. The van der Waals surface area contributed by atoms with Crippen molar-refractivity contribution in [2.24, 2.45) is 0 Å². The fraction of sp³-hybridized carbons (Fsp3) is 0.333. The maximum atomic E-state index is 4.77. The molecule has 0 saturated carbocycles. The summed E-state index contributed by atoms with van der Waals surface area (Å²) in [5.74, 6) is 0.873. The average Bonchev–Trinajstić information content (AvgIpc) is 3.17. The highest BCUT2D eigenvalue weighted by Gasteiger charge is 2.22. The molecule has 1 aromatic heterocycles. The highest BCUT2D eigenvalue weighted by atomic mass is 32.2.